The lowest BCUT2D eigenvalue weighted by Crippen LogP contribution is -2.12. The van der Waals surface area contributed by atoms with Crippen LogP contribution in [-0.2, 0) is 0 Å². The third kappa shape index (κ3) is 3.17. The first-order valence-corrected chi connectivity index (χ1v) is 8.49. The van der Waals surface area contributed by atoms with Crippen molar-refractivity contribution in [3.05, 3.63) is 62.8 Å². The van der Waals surface area contributed by atoms with Crippen LogP contribution in [0.2, 0.25) is 0 Å². The molecule has 22 heavy (non-hydrogen) atoms. The van der Waals surface area contributed by atoms with E-state index in [1.54, 1.807) is 6.20 Å². The van der Waals surface area contributed by atoms with Crippen molar-refractivity contribution in [2.24, 2.45) is 0 Å². The quantitative estimate of drug-likeness (QED) is 0.640. The van der Waals surface area contributed by atoms with Crippen LogP contribution in [0.4, 0.5) is 5.69 Å². The maximum Gasteiger partial charge on any atom is 0.267 e. The Bertz CT molecular complexity index is 817. The minimum absolute atomic E-state index is 0.138. The van der Waals surface area contributed by atoms with Crippen LogP contribution in [0.15, 0.2) is 48.7 Å². The Morgan fingerprint density at radius 2 is 1.95 bits per heavy atom. The van der Waals surface area contributed by atoms with E-state index >= 15 is 0 Å². The summed E-state index contributed by atoms with van der Waals surface area (Å²) < 4.78 is 1.00. The van der Waals surface area contributed by atoms with E-state index in [2.05, 4.69) is 37.9 Å². The molecule has 110 valence electrons. The number of pyridine rings is 1. The Morgan fingerprint density at radius 3 is 2.68 bits per heavy atom. The SMILES string of the molecule is Cc1nc(-c2ccccn2)sc1C(=O)Nc1ccccc1I. The number of aromatic nitrogens is 2. The van der Waals surface area contributed by atoms with Gasteiger partial charge >= 0.3 is 0 Å². The van der Waals surface area contributed by atoms with Gasteiger partial charge in [-0.1, -0.05) is 18.2 Å². The molecule has 6 heteroatoms. The lowest BCUT2D eigenvalue weighted by atomic mass is 10.3. The van der Waals surface area contributed by atoms with E-state index in [9.17, 15) is 4.79 Å². The summed E-state index contributed by atoms with van der Waals surface area (Å²) in [5.41, 5.74) is 2.30. The fourth-order valence-electron chi connectivity index (χ4n) is 1.95. The highest BCUT2D eigenvalue weighted by Crippen LogP contribution is 2.27. The molecule has 0 saturated carbocycles. The molecule has 0 aliphatic heterocycles. The van der Waals surface area contributed by atoms with E-state index in [1.165, 1.54) is 11.3 Å². The summed E-state index contributed by atoms with van der Waals surface area (Å²) in [6, 6.07) is 13.3. The lowest BCUT2D eigenvalue weighted by molar-refractivity contribution is 0.102. The number of hydrogen-bond acceptors (Lipinski definition) is 4. The van der Waals surface area contributed by atoms with Crippen molar-refractivity contribution < 1.29 is 4.79 Å². The molecule has 2 heterocycles. The second-order valence-corrected chi connectivity index (χ2v) is 6.74. The van der Waals surface area contributed by atoms with Crippen LogP contribution < -0.4 is 5.32 Å². The van der Waals surface area contributed by atoms with Gasteiger partial charge < -0.3 is 5.32 Å². The first-order chi connectivity index (χ1) is 10.6. The van der Waals surface area contributed by atoms with Gasteiger partial charge in [-0.15, -0.1) is 11.3 Å². The van der Waals surface area contributed by atoms with Crippen LogP contribution in [-0.4, -0.2) is 15.9 Å². The zero-order valence-corrected chi connectivity index (χ0v) is 14.7. The van der Waals surface area contributed by atoms with E-state index < -0.39 is 0 Å². The minimum atomic E-state index is -0.138. The monoisotopic (exact) mass is 421 g/mol. The number of benzene rings is 1. The number of aryl methyl sites for hydroxylation is 1. The molecule has 1 amide bonds. The molecule has 0 aliphatic rings. The van der Waals surface area contributed by atoms with Crippen LogP contribution in [0.3, 0.4) is 0 Å². The second-order valence-electron chi connectivity index (χ2n) is 4.58. The van der Waals surface area contributed by atoms with Crippen LogP contribution >= 0.6 is 33.9 Å². The number of amides is 1. The normalized spacial score (nSPS) is 10.5. The van der Waals surface area contributed by atoms with Crippen LogP contribution in [0.1, 0.15) is 15.4 Å². The fraction of sp³-hybridized carbons (Fsp3) is 0.0625. The van der Waals surface area contributed by atoms with Gasteiger partial charge in [-0.05, 0) is 53.8 Å². The van der Waals surface area contributed by atoms with E-state index in [1.807, 2.05) is 49.4 Å². The number of nitrogens with zero attached hydrogens (tertiary/aromatic N) is 2. The van der Waals surface area contributed by atoms with Crippen LogP contribution in [0.25, 0.3) is 10.7 Å². The lowest BCUT2D eigenvalue weighted by Gasteiger charge is -2.05. The predicted octanol–water partition coefficient (Wildman–Crippen LogP) is 4.37. The number of thiazole rings is 1. The molecule has 1 aromatic carbocycles. The Hall–Kier alpha value is -1.80. The first kappa shape index (κ1) is 15.1. The van der Waals surface area contributed by atoms with E-state index in [-0.39, 0.29) is 5.91 Å². The number of nitrogens with one attached hydrogen (secondary N) is 1. The average Bonchev–Trinajstić information content (AvgIpc) is 2.92. The highest BCUT2D eigenvalue weighted by atomic mass is 127. The van der Waals surface area contributed by atoms with Crippen molar-refractivity contribution >= 4 is 45.5 Å². The number of halogens is 1. The van der Waals surface area contributed by atoms with Gasteiger partial charge in [0.15, 0.2) is 0 Å². The van der Waals surface area contributed by atoms with Crippen molar-refractivity contribution in [3.63, 3.8) is 0 Å². The molecular formula is C16H12IN3OS. The molecule has 3 aromatic rings. The van der Waals surface area contributed by atoms with E-state index in [0.717, 1.165) is 20.0 Å². The molecule has 0 saturated heterocycles. The molecule has 0 radical (unpaired) electrons. The van der Waals surface area contributed by atoms with Crippen LogP contribution in [0, 0.1) is 10.5 Å². The van der Waals surface area contributed by atoms with E-state index in [4.69, 9.17) is 0 Å². The summed E-state index contributed by atoms with van der Waals surface area (Å²) in [5.74, 6) is -0.138. The summed E-state index contributed by atoms with van der Waals surface area (Å²) in [6.45, 7) is 1.84. The second kappa shape index (κ2) is 6.53. The first-order valence-electron chi connectivity index (χ1n) is 6.60. The fourth-order valence-corrected chi connectivity index (χ4v) is 3.41. The minimum Gasteiger partial charge on any atom is -0.320 e. The largest absolute Gasteiger partial charge is 0.320 e. The molecule has 1 N–H and O–H groups in total. The Morgan fingerprint density at radius 1 is 1.18 bits per heavy atom. The van der Waals surface area contributed by atoms with Gasteiger partial charge in [-0.25, -0.2) is 4.98 Å². The molecular weight excluding hydrogens is 409 g/mol. The van der Waals surface area contributed by atoms with Crippen LogP contribution in [0.5, 0.6) is 0 Å². The summed E-state index contributed by atoms with van der Waals surface area (Å²) in [4.78, 5) is 21.8. The molecule has 0 bridgehead atoms. The third-order valence-corrected chi connectivity index (χ3v) is 5.13. The molecule has 0 aliphatic carbocycles. The Balaban J connectivity index is 1.88. The maximum atomic E-state index is 12.5. The third-order valence-electron chi connectivity index (χ3n) is 3.01. The number of hydrogen-bond donors (Lipinski definition) is 1. The van der Waals surface area contributed by atoms with Gasteiger partial charge in [-0.3, -0.25) is 9.78 Å². The summed E-state index contributed by atoms with van der Waals surface area (Å²) in [6.07, 6.45) is 1.72. The summed E-state index contributed by atoms with van der Waals surface area (Å²) in [7, 11) is 0. The number of para-hydroxylation sites is 1. The molecule has 0 spiro atoms. The standard InChI is InChI=1S/C16H12IN3OS/c1-10-14(15(21)20-12-7-3-2-6-11(12)17)22-16(19-10)13-8-4-5-9-18-13/h2-9H,1H3,(H,20,21). The predicted molar refractivity (Wildman–Crippen MR) is 97.2 cm³/mol. The van der Waals surface area contributed by atoms with Crippen molar-refractivity contribution in [2.75, 3.05) is 5.32 Å². The van der Waals surface area contributed by atoms with Gasteiger partial charge in [0, 0.05) is 9.77 Å². The molecule has 3 rings (SSSR count). The topological polar surface area (TPSA) is 54.9 Å². The van der Waals surface area contributed by atoms with Gasteiger partial charge in [0.2, 0.25) is 0 Å². The smallest absolute Gasteiger partial charge is 0.267 e. The summed E-state index contributed by atoms with van der Waals surface area (Å²) >= 11 is 3.56. The number of carbonyl (C=O) groups is 1. The number of rotatable bonds is 3. The van der Waals surface area contributed by atoms with Crippen molar-refractivity contribution in [1.82, 2.24) is 9.97 Å². The van der Waals surface area contributed by atoms with Gasteiger partial charge in [0.25, 0.3) is 5.91 Å². The van der Waals surface area contributed by atoms with Crippen molar-refractivity contribution in [1.29, 1.82) is 0 Å². The molecule has 4 nitrogen and oxygen atoms in total. The summed E-state index contributed by atoms with van der Waals surface area (Å²) in [5, 5.41) is 3.69. The zero-order valence-electron chi connectivity index (χ0n) is 11.7. The molecule has 0 atom stereocenters. The highest BCUT2D eigenvalue weighted by Gasteiger charge is 2.17. The number of anilines is 1. The van der Waals surface area contributed by atoms with Gasteiger partial charge in [0.1, 0.15) is 9.88 Å². The maximum absolute atomic E-state index is 12.5. The Labute approximate surface area is 145 Å². The van der Waals surface area contributed by atoms with Gasteiger partial charge in [-0.2, -0.15) is 0 Å². The molecule has 0 unspecified atom stereocenters. The van der Waals surface area contributed by atoms with Crippen molar-refractivity contribution in [2.45, 2.75) is 6.92 Å². The number of carbonyl (C=O) groups excluding carboxylic acids is 1. The zero-order chi connectivity index (χ0) is 15.5. The molecule has 2 aromatic heterocycles. The van der Waals surface area contributed by atoms with E-state index in [0.29, 0.717) is 10.6 Å². The highest BCUT2D eigenvalue weighted by molar-refractivity contribution is 14.1. The van der Waals surface area contributed by atoms with Gasteiger partial charge in [0.05, 0.1) is 17.1 Å². The van der Waals surface area contributed by atoms with Crippen molar-refractivity contribution in [3.8, 4) is 10.7 Å². The molecule has 0 fully saturated rings. The Kier molecular flexibility index (Phi) is 4.49. The average molecular weight is 421 g/mol.